The topological polar surface area (TPSA) is 53.1 Å². The van der Waals surface area contributed by atoms with Crippen LogP contribution >= 0.6 is 11.6 Å². The van der Waals surface area contributed by atoms with Crippen LogP contribution in [-0.2, 0) is 24.8 Å². The normalized spacial score (nSPS) is 19.0. The van der Waals surface area contributed by atoms with Crippen molar-refractivity contribution in [2.75, 3.05) is 6.61 Å². The van der Waals surface area contributed by atoms with Crippen molar-refractivity contribution in [3.8, 4) is 0 Å². The maximum Gasteiger partial charge on any atom is 0.0900 e. The zero-order chi connectivity index (χ0) is 14.6. The highest BCUT2D eigenvalue weighted by molar-refractivity contribution is 6.31. The smallest absolute Gasteiger partial charge is 0.0900 e. The minimum absolute atomic E-state index is 0.158. The molecule has 0 saturated heterocycles. The van der Waals surface area contributed by atoms with Crippen LogP contribution in [0, 0.1) is 0 Å². The molecule has 1 aliphatic carbocycles. The van der Waals surface area contributed by atoms with Gasteiger partial charge < -0.3 is 10.5 Å². The molecular weight excluding hydrogens is 274 g/mol. The first-order chi connectivity index (χ1) is 9.56. The maximum absolute atomic E-state index is 6.45. The molecule has 114 valence electrons. The van der Waals surface area contributed by atoms with Crippen molar-refractivity contribution >= 4 is 11.6 Å². The van der Waals surface area contributed by atoms with Gasteiger partial charge in [0.15, 0.2) is 0 Å². The van der Waals surface area contributed by atoms with Crippen LogP contribution in [0.2, 0.25) is 5.02 Å². The van der Waals surface area contributed by atoms with Gasteiger partial charge in [0.1, 0.15) is 0 Å². The number of nitrogens with zero attached hydrogens (tertiary/aromatic N) is 2. The lowest BCUT2D eigenvalue weighted by molar-refractivity contribution is 0.0633. The summed E-state index contributed by atoms with van der Waals surface area (Å²) in [7, 11) is 1.91. The van der Waals surface area contributed by atoms with Gasteiger partial charge in [-0.2, -0.15) is 5.10 Å². The van der Waals surface area contributed by atoms with Gasteiger partial charge in [-0.05, 0) is 19.3 Å². The van der Waals surface area contributed by atoms with Gasteiger partial charge >= 0.3 is 0 Å². The summed E-state index contributed by atoms with van der Waals surface area (Å²) >= 11 is 6.32. The molecule has 1 saturated carbocycles. The molecule has 2 N–H and O–H groups in total. The lowest BCUT2D eigenvalue weighted by Gasteiger charge is -2.27. The number of rotatable bonds is 5. The van der Waals surface area contributed by atoms with Crippen molar-refractivity contribution in [3.63, 3.8) is 0 Å². The summed E-state index contributed by atoms with van der Waals surface area (Å²) in [6.07, 6.45) is 7.99. The summed E-state index contributed by atoms with van der Waals surface area (Å²) < 4.78 is 7.68. The van der Waals surface area contributed by atoms with Crippen LogP contribution in [0.4, 0.5) is 0 Å². The molecule has 1 fully saturated rings. The van der Waals surface area contributed by atoms with Gasteiger partial charge in [0.2, 0.25) is 0 Å². The lowest BCUT2D eigenvalue weighted by atomic mass is 9.93. The van der Waals surface area contributed by atoms with E-state index in [0.717, 1.165) is 35.7 Å². The average Bonchev–Trinajstić information content (AvgIpc) is 2.59. The van der Waals surface area contributed by atoms with E-state index in [0.29, 0.717) is 13.2 Å². The van der Waals surface area contributed by atoms with E-state index in [1.807, 2.05) is 11.7 Å². The Morgan fingerprint density at radius 3 is 2.50 bits per heavy atom. The van der Waals surface area contributed by atoms with Gasteiger partial charge in [0.25, 0.3) is 0 Å². The molecule has 0 spiro atoms. The van der Waals surface area contributed by atoms with Crippen LogP contribution in [0.3, 0.4) is 0 Å². The number of hydrogen-bond acceptors (Lipinski definition) is 3. The van der Waals surface area contributed by atoms with E-state index in [9.17, 15) is 0 Å². The summed E-state index contributed by atoms with van der Waals surface area (Å²) in [5, 5.41) is 5.14. The number of nitrogens with two attached hydrogens (primary N) is 1. The minimum Gasteiger partial charge on any atom is -0.373 e. The van der Waals surface area contributed by atoms with Crippen LogP contribution in [0.15, 0.2) is 0 Å². The predicted octanol–water partition coefficient (Wildman–Crippen LogP) is 3.20. The van der Waals surface area contributed by atoms with E-state index in [1.54, 1.807) is 0 Å². The van der Waals surface area contributed by atoms with Crippen LogP contribution in [0.5, 0.6) is 0 Å². The van der Waals surface area contributed by atoms with E-state index < -0.39 is 0 Å². The van der Waals surface area contributed by atoms with Gasteiger partial charge in [0.05, 0.1) is 29.6 Å². The molecule has 0 aromatic carbocycles. The standard InChI is InChI=1S/C15H26ClN3O/c1-3-12-14(16)13(19(2)18-12)10-20-11-15(17)8-6-4-5-7-9-15/h3-11,17H2,1-2H3. The quantitative estimate of drug-likeness (QED) is 0.850. The van der Waals surface area contributed by atoms with Gasteiger partial charge in [-0.25, -0.2) is 0 Å². The van der Waals surface area contributed by atoms with Crippen molar-refractivity contribution in [3.05, 3.63) is 16.4 Å². The number of aromatic nitrogens is 2. The number of halogens is 1. The first kappa shape index (κ1) is 15.8. The van der Waals surface area contributed by atoms with Gasteiger partial charge in [-0.3, -0.25) is 4.68 Å². The summed E-state index contributed by atoms with van der Waals surface area (Å²) in [5.74, 6) is 0. The fraction of sp³-hybridized carbons (Fsp3) is 0.800. The summed E-state index contributed by atoms with van der Waals surface area (Å²) in [6.45, 7) is 3.15. The summed E-state index contributed by atoms with van der Waals surface area (Å²) in [6, 6.07) is 0. The van der Waals surface area contributed by atoms with Crippen LogP contribution in [0.1, 0.15) is 56.8 Å². The zero-order valence-corrected chi connectivity index (χ0v) is 13.4. The number of aryl methyl sites for hydroxylation is 2. The third kappa shape index (κ3) is 3.74. The second kappa shape index (κ2) is 6.92. The first-order valence-electron chi connectivity index (χ1n) is 7.62. The Morgan fingerprint density at radius 1 is 1.30 bits per heavy atom. The third-order valence-corrected chi connectivity index (χ3v) is 4.67. The largest absolute Gasteiger partial charge is 0.373 e. The molecule has 2 rings (SSSR count). The van der Waals surface area contributed by atoms with Crippen molar-refractivity contribution in [2.24, 2.45) is 12.8 Å². The fourth-order valence-electron chi connectivity index (χ4n) is 2.90. The Kier molecular flexibility index (Phi) is 5.47. The molecular formula is C15H26ClN3O. The van der Waals surface area contributed by atoms with E-state index in [2.05, 4.69) is 12.0 Å². The second-order valence-electron chi connectivity index (χ2n) is 5.95. The number of ether oxygens (including phenoxy) is 1. The van der Waals surface area contributed by atoms with Crippen LogP contribution < -0.4 is 5.73 Å². The van der Waals surface area contributed by atoms with Crippen molar-refractivity contribution in [1.82, 2.24) is 9.78 Å². The molecule has 1 aliphatic rings. The van der Waals surface area contributed by atoms with Crippen LogP contribution in [0.25, 0.3) is 0 Å². The highest BCUT2D eigenvalue weighted by Crippen LogP contribution is 2.26. The van der Waals surface area contributed by atoms with Crippen molar-refractivity contribution in [2.45, 2.75) is 64.0 Å². The Morgan fingerprint density at radius 2 is 1.95 bits per heavy atom. The number of hydrogen-bond donors (Lipinski definition) is 1. The highest BCUT2D eigenvalue weighted by atomic mass is 35.5. The zero-order valence-electron chi connectivity index (χ0n) is 12.6. The minimum atomic E-state index is -0.158. The lowest BCUT2D eigenvalue weighted by Crippen LogP contribution is -2.44. The molecule has 0 radical (unpaired) electrons. The first-order valence-corrected chi connectivity index (χ1v) is 8.00. The van der Waals surface area contributed by atoms with Crippen molar-refractivity contribution < 1.29 is 4.74 Å². The fourth-order valence-corrected chi connectivity index (χ4v) is 3.25. The summed E-state index contributed by atoms with van der Waals surface area (Å²) in [5.41, 5.74) is 8.17. The highest BCUT2D eigenvalue weighted by Gasteiger charge is 2.26. The molecule has 0 atom stereocenters. The molecule has 1 heterocycles. The Balaban J connectivity index is 1.90. The van der Waals surface area contributed by atoms with Crippen molar-refractivity contribution in [1.29, 1.82) is 0 Å². The Hall–Kier alpha value is -0.580. The van der Waals surface area contributed by atoms with E-state index in [1.165, 1.54) is 25.7 Å². The molecule has 4 nitrogen and oxygen atoms in total. The van der Waals surface area contributed by atoms with E-state index >= 15 is 0 Å². The summed E-state index contributed by atoms with van der Waals surface area (Å²) in [4.78, 5) is 0. The van der Waals surface area contributed by atoms with Crippen LogP contribution in [-0.4, -0.2) is 21.9 Å². The molecule has 1 aromatic heterocycles. The van der Waals surface area contributed by atoms with E-state index in [-0.39, 0.29) is 5.54 Å². The van der Waals surface area contributed by atoms with Gasteiger partial charge in [-0.15, -0.1) is 0 Å². The molecule has 5 heteroatoms. The Bertz CT molecular complexity index is 437. The van der Waals surface area contributed by atoms with Gasteiger partial charge in [0, 0.05) is 12.6 Å². The van der Waals surface area contributed by atoms with Gasteiger partial charge in [-0.1, -0.05) is 44.2 Å². The second-order valence-corrected chi connectivity index (χ2v) is 6.33. The van der Waals surface area contributed by atoms with E-state index in [4.69, 9.17) is 22.1 Å². The maximum atomic E-state index is 6.45. The molecule has 20 heavy (non-hydrogen) atoms. The molecule has 0 aliphatic heterocycles. The predicted molar refractivity (Wildman–Crippen MR) is 81.9 cm³/mol. The average molecular weight is 300 g/mol. The molecule has 0 amide bonds. The molecule has 0 bridgehead atoms. The Labute approximate surface area is 126 Å². The third-order valence-electron chi connectivity index (χ3n) is 4.23. The molecule has 0 unspecified atom stereocenters. The monoisotopic (exact) mass is 299 g/mol. The molecule has 1 aromatic rings. The SMILES string of the molecule is CCc1nn(C)c(COCC2(N)CCCCCC2)c1Cl.